The molecule has 4 rings (SSSR count). The van der Waals surface area contributed by atoms with Crippen molar-refractivity contribution in [2.24, 2.45) is 0 Å². The largest absolute Gasteiger partial charge is 0.497 e. The first kappa shape index (κ1) is 18.0. The zero-order chi connectivity index (χ0) is 19.5. The summed E-state index contributed by atoms with van der Waals surface area (Å²) in [5, 5.41) is 4.09. The molecule has 0 aliphatic rings. The molecule has 2 heterocycles. The molecule has 7 nitrogen and oxygen atoms in total. The SMILES string of the molecule is CCCn1c(=O)[nH]c2cc(-c3noc(CCc4ccc(OC)cc4)n3)ccc21. The van der Waals surface area contributed by atoms with Gasteiger partial charge in [-0.05, 0) is 48.7 Å². The zero-order valence-corrected chi connectivity index (χ0v) is 15.9. The van der Waals surface area contributed by atoms with Gasteiger partial charge in [0.15, 0.2) is 0 Å². The number of nitrogens with zero attached hydrogens (tertiary/aromatic N) is 3. The smallest absolute Gasteiger partial charge is 0.326 e. The monoisotopic (exact) mass is 378 g/mol. The van der Waals surface area contributed by atoms with E-state index in [1.165, 1.54) is 5.56 Å². The van der Waals surface area contributed by atoms with E-state index in [0.29, 0.717) is 24.7 Å². The second-order valence-electron chi connectivity index (χ2n) is 6.67. The predicted octanol–water partition coefficient (Wildman–Crippen LogP) is 3.58. The summed E-state index contributed by atoms with van der Waals surface area (Å²) in [4.78, 5) is 19.5. The first-order chi connectivity index (χ1) is 13.7. The number of rotatable bonds is 7. The maximum atomic E-state index is 12.1. The van der Waals surface area contributed by atoms with Crippen LogP contribution in [0.1, 0.15) is 24.8 Å². The molecule has 0 atom stereocenters. The van der Waals surface area contributed by atoms with Crippen LogP contribution in [0, 0.1) is 0 Å². The van der Waals surface area contributed by atoms with Gasteiger partial charge in [-0.1, -0.05) is 24.2 Å². The van der Waals surface area contributed by atoms with Crippen molar-refractivity contribution in [3.63, 3.8) is 0 Å². The number of ether oxygens (including phenoxy) is 1. The molecule has 2 aromatic heterocycles. The van der Waals surface area contributed by atoms with Crippen molar-refractivity contribution in [1.82, 2.24) is 19.7 Å². The Morgan fingerprint density at radius 2 is 1.96 bits per heavy atom. The summed E-state index contributed by atoms with van der Waals surface area (Å²) >= 11 is 0. The number of imidazole rings is 1. The number of aromatic nitrogens is 4. The Morgan fingerprint density at radius 1 is 1.14 bits per heavy atom. The summed E-state index contributed by atoms with van der Waals surface area (Å²) in [6.45, 7) is 2.74. The average molecular weight is 378 g/mol. The van der Waals surface area contributed by atoms with Crippen LogP contribution in [0.25, 0.3) is 22.4 Å². The second-order valence-corrected chi connectivity index (χ2v) is 6.67. The lowest BCUT2D eigenvalue weighted by Gasteiger charge is -2.01. The number of aromatic amines is 1. The summed E-state index contributed by atoms with van der Waals surface area (Å²) in [5.74, 6) is 1.95. The number of hydrogen-bond donors (Lipinski definition) is 1. The van der Waals surface area contributed by atoms with Crippen molar-refractivity contribution in [3.05, 3.63) is 64.4 Å². The maximum absolute atomic E-state index is 12.1. The van der Waals surface area contributed by atoms with E-state index in [2.05, 4.69) is 15.1 Å². The Balaban J connectivity index is 1.51. The number of aryl methyl sites for hydroxylation is 3. The van der Waals surface area contributed by atoms with Crippen LogP contribution in [0.5, 0.6) is 5.75 Å². The van der Waals surface area contributed by atoms with E-state index in [9.17, 15) is 4.79 Å². The molecular formula is C21H22N4O3. The lowest BCUT2D eigenvalue weighted by Crippen LogP contribution is -2.16. The third-order valence-electron chi connectivity index (χ3n) is 4.73. The van der Waals surface area contributed by atoms with Crippen molar-refractivity contribution >= 4 is 11.0 Å². The Morgan fingerprint density at radius 3 is 2.71 bits per heavy atom. The number of benzene rings is 2. The fraction of sp³-hybridized carbons (Fsp3) is 0.286. The first-order valence-electron chi connectivity index (χ1n) is 9.36. The topological polar surface area (TPSA) is 85.9 Å². The van der Waals surface area contributed by atoms with E-state index in [1.807, 2.05) is 49.4 Å². The van der Waals surface area contributed by atoms with Crippen molar-refractivity contribution in [2.75, 3.05) is 7.11 Å². The normalized spacial score (nSPS) is 11.2. The number of methoxy groups -OCH3 is 1. The summed E-state index contributed by atoms with van der Waals surface area (Å²) in [7, 11) is 1.65. The molecule has 0 unspecified atom stereocenters. The highest BCUT2D eigenvalue weighted by Crippen LogP contribution is 2.21. The van der Waals surface area contributed by atoms with Crippen molar-refractivity contribution < 1.29 is 9.26 Å². The Bertz CT molecular complexity index is 1140. The molecule has 28 heavy (non-hydrogen) atoms. The molecule has 0 aliphatic heterocycles. The average Bonchev–Trinajstić information content (AvgIpc) is 3.31. The highest BCUT2D eigenvalue weighted by molar-refractivity contribution is 5.80. The number of nitrogens with one attached hydrogen (secondary N) is 1. The Labute approximate surface area is 162 Å². The summed E-state index contributed by atoms with van der Waals surface area (Å²) < 4.78 is 12.3. The molecule has 1 N–H and O–H groups in total. The van der Waals surface area contributed by atoms with Gasteiger partial charge in [-0.2, -0.15) is 4.98 Å². The van der Waals surface area contributed by atoms with Gasteiger partial charge in [-0.15, -0.1) is 0 Å². The molecule has 7 heteroatoms. The van der Waals surface area contributed by atoms with E-state index in [0.717, 1.165) is 35.2 Å². The van der Waals surface area contributed by atoms with Gasteiger partial charge in [0.1, 0.15) is 5.75 Å². The highest BCUT2D eigenvalue weighted by atomic mass is 16.5. The zero-order valence-electron chi connectivity index (χ0n) is 15.9. The Hall–Kier alpha value is -3.35. The van der Waals surface area contributed by atoms with Crippen LogP contribution in [0.15, 0.2) is 51.8 Å². The van der Waals surface area contributed by atoms with E-state index in [4.69, 9.17) is 9.26 Å². The molecule has 0 saturated carbocycles. The molecule has 4 aromatic rings. The van der Waals surface area contributed by atoms with E-state index < -0.39 is 0 Å². The molecule has 0 fully saturated rings. The lowest BCUT2D eigenvalue weighted by molar-refractivity contribution is 0.379. The minimum Gasteiger partial charge on any atom is -0.497 e. The number of fused-ring (bicyclic) bond motifs is 1. The van der Waals surface area contributed by atoms with E-state index >= 15 is 0 Å². The van der Waals surface area contributed by atoms with Crippen LogP contribution in [0.4, 0.5) is 0 Å². The van der Waals surface area contributed by atoms with Gasteiger partial charge >= 0.3 is 5.69 Å². The van der Waals surface area contributed by atoms with E-state index in [1.54, 1.807) is 11.7 Å². The van der Waals surface area contributed by atoms with Crippen LogP contribution in [0.3, 0.4) is 0 Å². The second kappa shape index (κ2) is 7.72. The van der Waals surface area contributed by atoms with Crippen LogP contribution >= 0.6 is 0 Å². The van der Waals surface area contributed by atoms with Gasteiger partial charge in [-0.25, -0.2) is 4.79 Å². The number of H-pyrrole nitrogens is 1. The van der Waals surface area contributed by atoms with Crippen molar-refractivity contribution in [3.8, 4) is 17.1 Å². The molecular weight excluding hydrogens is 356 g/mol. The Kier molecular flexibility index (Phi) is 4.97. The third kappa shape index (κ3) is 3.55. The number of hydrogen-bond acceptors (Lipinski definition) is 5. The molecule has 0 bridgehead atoms. The maximum Gasteiger partial charge on any atom is 0.326 e. The summed E-state index contributed by atoms with van der Waals surface area (Å²) in [6, 6.07) is 13.7. The van der Waals surface area contributed by atoms with Crippen LogP contribution < -0.4 is 10.4 Å². The van der Waals surface area contributed by atoms with Gasteiger partial charge in [0.25, 0.3) is 0 Å². The van der Waals surface area contributed by atoms with Gasteiger partial charge in [0, 0.05) is 18.5 Å². The molecule has 144 valence electrons. The van der Waals surface area contributed by atoms with E-state index in [-0.39, 0.29) is 5.69 Å². The van der Waals surface area contributed by atoms with Gasteiger partial charge in [-0.3, -0.25) is 4.57 Å². The fourth-order valence-corrected chi connectivity index (χ4v) is 3.27. The van der Waals surface area contributed by atoms with Gasteiger partial charge in [0.05, 0.1) is 18.1 Å². The summed E-state index contributed by atoms with van der Waals surface area (Å²) in [5.41, 5.74) is 3.57. The molecule has 0 amide bonds. The van der Waals surface area contributed by atoms with Crippen LogP contribution in [-0.4, -0.2) is 26.8 Å². The lowest BCUT2D eigenvalue weighted by atomic mass is 10.1. The van der Waals surface area contributed by atoms with Crippen molar-refractivity contribution in [2.45, 2.75) is 32.7 Å². The minimum atomic E-state index is -0.0951. The molecule has 0 saturated heterocycles. The minimum absolute atomic E-state index is 0.0951. The standard InChI is InChI=1S/C21H22N4O3/c1-3-12-25-18-10-7-15(13-17(18)22-21(25)26)20-23-19(28-24-20)11-6-14-4-8-16(27-2)9-5-14/h4-5,7-10,13H,3,6,11-12H2,1-2H3,(H,22,26). The highest BCUT2D eigenvalue weighted by Gasteiger charge is 2.12. The predicted molar refractivity (Wildman–Crippen MR) is 107 cm³/mol. The van der Waals surface area contributed by atoms with Crippen LogP contribution in [-0.2, 0) is 19.4 Å². The third-order valence-corrected chi connectivity index (χ3v) is 4.73. The molecule has 0 aliphatic carbocycles. The molecule has 0 spiro atoms. The quantitative estimate of drug-likeness (QED) is 0.531. The van der Waals surface area contributed by atoms with Crippen molar-refractivity contribution in [1.29, 1.82) is 0 Å². The fourth-order valence-electron chi connectivity index (χ4n) is 3.27. The van der Waals surface area contributed by atoms with Crippen LogP contribution in [0.2, 0.25) is 0 Å². The van der Waals surface area contributed by atoms with Gasteiger partial charge in [0.2, 0.25) is 11.7 Å². The molecule has 0 radical (unpaired) electrons. The first-order valence-corrected chi connectivity index (χ1v) is 9.36. The van der Waals surface area contributed by atoms with Gasteiger partial charge < -0.3 is 14.2 Å². The summed E-state index contributed by atoms with van der Waals surface area (Å²) in [6.07, 6.45) is 2.36. The molecule has 2 aromatic carbocycles.